The van der Waals surface area contributed by atoms with Gasteiger partial charge < -0.3 is 33.1 Å². The number of carboxylic acid groups (broad SMARTS) is 1. The summed E-state index contributed by atoms with van der Waals surface area (Å²) in [5, 5.41) is 6.90. The van der Waals surface area contributed by atoms with Crippen LogP contribution in [0.15, 0.2) is 0 Å². The van der Waals surface area contributed by atoms with E-state index in [4.69, 9.17) is 10.00 Å². The van der Waals surface area contributed by atoms with Crippen LogP contribution in [0.3, 0.4) is 0 Å². The summed E-state index contributed by atoms with van der Waals surface area (Å²) in [4.78, 5) is 49.7. The zero-order valence-corrected chi connectivity index (χ0v) is 8.41. The number of aliphatic carboxylic acids is 1. The van der Waals surface area contributed by atoms with E-state index in [1.165, 1.54) is 0 Å². The van der Waals surface area contributed by atoms with Crippen LogP contribution >= 0.6 is 16.8 Å². The lowest BCUT2D eigenvalue weighted by Gasteiger charge is -2.44. The molecule has 2 atom stereocenters. The average molecular weight is 227 g/mol. The van der Waals surface area contributed by atoms with Crippen LogP contribution in [0.1, 0.15) is 19.3 Å². The Balaban J connectivity index is 3.77. The Hall–Kier alpha value is 0.170. The van der Waals surface area contributed by atoms with E-state index in [2.05, 4.69) is 0 Å². The third-order valence-electron chi connectivity index (χ3n) is 1.35. The predicted octanol–water partition coefficient (Wildman–Crippen LogP) is -1.74. The maximum atomic E-state index is 10.4. The lowest BCUT2D eigenvalue weighted by atomic mass is 10.2. The molecule has 2 N–H and O–H groups in total. The summed E-state index contributed by atoms with van der Waals surface area (Å²) in [6.45, 7) is 0. The Bertz CT molecular complexity index is 153. The molecule has 0 aliphatic carbocycles. The van der Waals surface area contributed by atoms with Gasteiger partial charge in [-0.2, -0.15) is 0 Å². The van der Waals surface area contributed by atoms with Crippen LogP contribution < -0.4 is 14.7 Å². The molecule has 0 saturated heterocycles. The number of hydrogen-bond donors (Lipinski definition) is 2. The first-order valence-corrected chi connectivity index (χ1v) is 5.98. The maximum Gasteiger partial charge on any atom is 0.303 e. The van der Waals surface area contributed by atoms with Crippen LogP contribution in [0.25, 0.3) is 0 Å². The van der Waals surface area contributed by atoms with Crippen molar-refractivity contribution in [3.8, 4) is 0 Å². The molecule has 0 aliphatic rings. The first-order chi connectivity index (χ1) is 5.95. The highest BCUT2D eigenvalue weighted by Crippen LogP contribution is 2.44. The molecule has 6 nitrogen and oxygen atoms in total. The first kappa shape index (κ1) is 13.2. The summed E-state index contributed by atoms with van der Waals surface area (Å²) < 4.78 is 0. The lowest BCUT2D eigenvalue weighted by molar-refractivity contribution is -0.294. The highest BCUT2D eigenvalue weighted by atomic mass is 31.2. The minimum absolute atomic E-state index is 0.0866. The molecule has 0 radical (unpaired) electrons. The van der Waals surface area contributed by atoms with E-state index in [-0.39, 0.29) is 19.3 Å². The Morgan fingerprint density at radius 1 is 1.38 bits per heavy atom. The molecular formula is C5H9O6P2-3. The van der Waals surface area contributed by atoms with Gasteiger partial charge in [-0.05, 0) is 18.2 Å². The summed E-state index contributed by atoms with van der Waals surface area (Å²) in [5.41, 5.74) is 0. The quantitative estimate of drug-likeness (QED) is 0.518. The van der Waals surface area contributed by atoms with Crippen molar-refractivity contribution >= 4 is 22.7 Å². The molecule has 0 aromatic carbocycles. The lowest BCUT2D eigenvalue weighted by Crippen LogP contribution is -2.23. The van der Waals surface area contributed by atoms with Crippen LogP contribution in [0.4, 0.5) is 0 Å². The zero-order valence-electron chi connectivity index (χ0n) is 6.62. The summed E-state index contributed by atoms with van der Waals surface area (Å²) in [6, 6.07) is 0. The molecule has 0 amide bonds. The molecule has 0 aromatic heterocycles. The van der Waals surface area contributed by atoms with Crippen molar-refractivity contribution in [3.05, 3.63) is 0 Å². The molecule has 8 heteroatoms. The van der Waals surface area contributed by atoms with Gasteiger partial charge in [0.15, 0.2) is 0 Å². The van der Waals surface area contributed by atoms with E-state index >= 15 is 0 Å². The monoisotopic (exact) mass is 227 g/mol. The van der Waals surface area contributed by atoms with Gasteiger partial charge in [-0.15, -0.1) is 0 Å². The second-order valence-corrected chi connectivity index (χ2v) is 5.18. The molecule has 0 fully saturated rings. The summed E-state index contributed by atoms with van der Waals surface area (Å²) in [6.07, 6.45) is -0.190. The van der Waals surface area contributed by atoms with E-state index < -0.39 is 28.1 Å². The highest BCUT2D eigenvalue weighted by molar-refractivity contribution is 7.62. The van der Waals surface area contributed by atoms with Gasteiger partial charge in [-0.3, -0.25) is 4.79 Å². The van der Waals surface area contributed by atoms with Crippen LogP contribution in [0, 0.1) is 0 Å². The van der Waals surface area contributed by atoms with Crippen molar-refractivity contribution in [1.29, 1.82) is 0 Å². The topological polar surface area (TPSA) is 127 Å². The molecule has 78 valence electrons. The van der Waals surface area contributed by atoms with E-state index in [1.807, 2.05) is 0 Å². The predicted molar refractivity (Wildman–Crippen MR) is 41.3 cm³/mol. The minimum Gasteiger partial charge on any atom is -0.841 e. The van der Waals surface area contributed by atoms with Crippen LogP contribution in [-0.4, -0.2) is 21.4 Å². The zero-order chi connectivity index (χ0) is 10.4. The molecule has 0 aliphatic heterocycles. The number of carboxylic acids is 1. The number of rotatable bonds is 6. The molecule has 0 spiro atoms. The summed E-state index contributed by atoms with van der Waals surface area (Å²) >= 11 is 0. The van der Waals surface area contributed by atoms with Crippen molar-refractivity contribution in [2.45, 2.75) is 24.7 Å². The van der Waals surface area contributed by atoms with Crippen LogP contribution in [-0.2, 0) is 4.79 Å². The Morgan fingerprint density at radius 3 is 2.23 bits per heavy atom. The molecule has 0 heterocycles. The Morgan fingerprint density at radius 2 is 1.92 bits per heavy atom. The number of hydrogen-bond acceptors (Lipinski definition) is 5. The third kappa shape index (κ3) is 6.27. The molecule has 13 heavy (non-hydrogen) atoms. The maximum absolute atomic E-state index is 10.4. The van der Waals surface area contributed by atoms with E-state index in [0.717, 1.165) is 0 Å². The van der Waals surface area contributed by atoms with Crippen LogP contribution in [0.2, 0.25) is 0 Å². The first-order valence-electron chi connectivity index (χ1n) is 3.45. The highest BCUT2D eigenvalue weighted by Gasteiger charge is 2.07. The second kappa shape index (κ2) is 6.60. The second-order valence-electron chi connectivity index (χ2n) is 2.35. The number of carbonyl (C=O) groups is 1. The molecule has 0 aromatic rings. The van der Waals surface area contributed by atoms with Crippen LogP contribution in [0.5, 0.6) is 0 Å². The van der Waals surface area contributed by atoms with Gasteiger partial charge in [0, 0.05) is 6.42 Å². The molecule has 2 unspecified atom stereocenters. The molecule has 0 rings (SSSR count). The molecular weight excluding hydrogens is 218 g/mol. The van der Waals surface area contributed by atoms with Gasteiger partial charge in [0.2, 0.25) is 0 Å². The normalized spacial score (nSPS) is 15.8. The fourth-order valence-electron chi connectivity index (χ4n) is 0.732. The molecule has 0 saturated carbocycles. The van der Waals surface area contributed by atoms with Gasteiger partial charge in [0.1, 0.15) is 0 Å². The van der Waals surface area contributed by atoms with Gasteiger partial charge in [-0.25, -0.2) is 0 Å². The van der Waals surface area contributed by atoms with Gasteiger partial charge in [0.25, 0.3) is 0 Å². The van der Waals surface area contributed by atoms with E-state index in [1.54, 1.807) is 0 Å². The van der Waals surface area contributed by atoms with Crippen molar-refractivity contribution in [2.75, 3.05) is 0 Å². The van der Waals surface area contributed by atoms with Crippen molar-refractivity contribution in [3.63, 3.8) is 0 Å². The Kier molecular flexibility index (Phi) is 6.68. The Labute approximate surface area is 77.7 Å². The minimum atomic E-state index is -2.96. The van der Waals surface area contributed by atoms with Gasteiger partial charge in [-0.1, -0.05) is 8.38 Å². The van der Waals surface area contributed by atoms with Crippen molar-refractivity contribution in [2.24, 2.45) is 0 Å². The van der Waals surface area contributed by atoms with Gasteiger partial charge >= 0.3 is 5.97 Å². The summed E-state index contributed by atoms with van der Waals surface area (Å²) in [5.74, 6) is -1.05. The molecule has 0 bridgehead atoms. The van der Waals surface area contributed by atoms with Crippen molar-refractivity contribution in [1.82, 2.24) is 0 Å². The fourth-order valence-corrected chi connectivity index (χ4v) is 2.17. The van der Waals surface area contributed by atoms with Gasteiger partial charge in [0.05, 0.1) is 0 Å². The standard InChI is InChI=1S/C5H9O6P2/c6-4(7)2-1-3-5(12(8)9)13(10)11/h5,8H,1-3H2,(H,6,7)/q-3. The SMILES string of the molecule is O=C(O)CCCC(P([O-])[O-])P([O-])O. The van der Waals surface area contributed by atoms with Crippen molar-refractivity contribution < 1.29 is 29.5 Å². The fraction of sp³-hybridized carbons (Fsp3) is 0.800. The summed E-state index contributed by atoms with van der Waals surface area (Å²) in [7, 11) is -5.73. The largest absolute Gasteiger partial charge is 0.841 e. The van der Waals surface area contributed by atoms with E-state index in [9.17, 15) is 19.5 Å². The smallest absolute Gasteiger partial charge is 0.303 e. The third-order valence-corrected chi connectivity index (χ3v) is 4.02. The average Bonchev–Trinajstić information content (AvgIpc) is 1.95. The van der Waals surface area contributed by atoms with E-state index in [0.29, 0.717) is 0 Å².